The Bertz CT molecular complexity index is 240. The molecule has 0 saturated carbocycles. The SMILES string of the molecule is CCCS(=O)(=O)NCC(F)(F)CO. The van der Waals surface area contributed by atoms with Crippen molar-refractivity contribution in [1.29, 1.82) is 0 Å². The quantitative estimate of drug-likeness (QED) is 0.655. The highest BCUT2D eigenvalue weighted by molar-refractivity contribution is 7.89. The lowest BCUT2D eigenvalue weighted by Crippen LogP contribution is -2.39. The van der Waals surface area contributed by atoms with Crippen molar-refractivity contribution in [3.8, 4) is 0 Å². The van der Waals surface area contributed by atoms with E-state index in [0.29, 0.717) is 6.42 Å². The topological polar surface area (TPSA) is 66.4 Å². The molecule has 80 valence electrons. The van der Waals surface area contributed by atoms with E-state index in [0.717, 1.165) is 0 Å². The number of aliphatic hydroxyl groups is 1. The first kappa shape index (κ1) is 12.7. The summed E-state index contributed by atoms with van der Waals surface area (Å²) >= 11 is 0. The van der Waals surface area contributed by atoms with Crippen LogP contribution < -0.4 is 4.72 Å². The van der Waals surface area contributed by atoms with Crippen molar-refractivity contribution in [3.05, 3.63) is 0 Å². The Morgan fingerprint density at radius 3 is 2.38 bits per heavy atom. The zero-order valence-electron chi connectivity index (χ0n) is 7.26. The van der Waals surface area contributed by atoms with Crippen LogP contribution >= 0.6 is 0 Å². The first-order valence-corrected chi connectivity index (χ1v) is 5.44. The van der Waals surface area contributed by atoms with Gasteiger partial charge in [0.15, 0.2) is 0 Å². The summed E-state index contributed by atoms with van der Waals surface area (Å²) in [4.78, 5) is 0. The minimum Gasteiger partial charge on any atom is -0.390 e. The van der Waals surface area contributed by atoms with Crippen molar-refractivity contribution in [2.75, 3.05) is 18.9 Å². The lowest BCUT2D eigenvalue weighted by Gasteiger charge is -2.13. The second-order valence-electron chi connectivity index (χ2n) is 2.65. The van der Waals surface area contributed by atoms with E-state index < -0.39 is 29.1 Å². The molecule has 0 fully saturated rings. The summed E-state index contributed by atoms with van der Waals surface area (Å²) in [7, 11) is -3.62. The van der Waals surface area contributed by atoms with Crippen LogP contribution in [0.1, 0.15) is 13.3 Å². The van der Waals surface area contributed by atoms with Crippen LogP contribution in [0.5, 0.6) is 0 Å². The van der Waals surface area contributed by atoms with Gasteiger partial charge in [-0.15, -0.1) is 0 Å². The number of alkyl halides is 2. The highest BCUT2D eigenvalue weighted by atomic mass is 32.2. The fraction of sp³-hybridized carbons (Fsp3) is 1.00. The van der Waals surface area contributed by atoms with Gasteiger partial charge in [-0.3, -0.25) is 0 Å². The average Bonchev–Trinajstić information content (AvgIpc) is 2.02. The predicted octanol–water partition coefficient (Wildman–Crippen LogP) is -0.0566. The molecule has 0 heterocycles. The van der Waals surface area contributed by atoms with Crippen LogP contribution in [0.25, 0.3) is 0 Å². The number of rotatable bonds is 6. The molecule has 0 aromatic rings. The lowest BCUT2D eigenvalue weighted by molar-refractivity contribution is -0.0437. The summed E-state index contributed by atoms with van der Waals surface area (Å²) in [5, 5.41) is 8.14. The largest absolute Gasteiger partial charge is 0.390 e. The summed E-state index contributed by atoms with van der Waals surface area (Å²) in [6.07, 6.45) is 0.361. The van der Waals surface area contributed by atoms with Crippen molar-refractivity contribution in [2.45, 2.75) is 19.3 Å². The summed E-state index contributed by atoms with van der Waals surface area (Å²) in [5.41, 5.74) is 0. The summed E-state index contributed by atoms with van der Waals surface area (Å²) in [5.74, 6) is -3.57. The number of halogens is 2. The Morgan fingerprint density at radius 1 is 1.46 bits per heavy atom. The Hall–Kier alpha value is -0.270. The van der Waals surface area contributed by atoms with Gasteiger partial charge in [-0.25, -0.2) is 21.9 Å². The molecule has 13 heavy (non-hydrogen) atoms. The Labute approximate surface area is 76.0 Å². The van der Waals surface area contributed by atoms with Crippen LogP contribution in [-0.4, -0.2) is 38.4 Å². The third-order valence-electron chi connectivity index (χ3n) is 1.25. The van der Waals surface area contributed by atoms with Crippen LogP contribution in [0.4, 0.5) is 8.78 Å². The molecular weight excluding hydrogens is 204 g/mol. The van der Waals surface area contributed by atoms with Gasteiger partial charge in [-0.1, -0.05) is 6.92 Å². The van der Waals surface area contributed by atoms with Crippen molar-refractivity contribution >= 4 is 10.0 Å². The first-order valence-electron chi connectivity index (χ1n) is 3.79. The lowest BCUT2D eigenvalue weighted by atomic mass is 10.4. The second-order valence-corrected chi connectivity index (χ2v) is 4.58. The maximum Gasteiger partial charge on any atom is 0.283 e. The van der Waals surface area contributed by atoms with E-state index >= 15 is 0 Å². The number of nitrogens with one attached hydrogen (secondary N) is 1. The van der Waals surface area contributed by atoms with Gasteiger partial charge in [-0.05, 0) is 6.42 Å². The fourth-order valence-corrected chi connectivity index (χ4v) is 1.73. The molecule has 0 aliphatic carbocycles. The average molecular weight is 217 g/mol. The molecule has 0 aromatic heterocycles. The van der Waals surface area contributed by atoms with Crippen LogP contribution in [0.15, 0.2) is 0 Å². The number of aliphatic hydroxyl groups excluding tert-OH is 1. The van der Waals surface area contributed by atoms with Crippen molar-refractivity contribution < 1.29 is 22.3 Å². The molecule has 0 rings (SSSR count). The molecule has 4 nitrogen and oxygen atoms in total. The minimum atomic E-state index is -3.62. The van der Waals surface area contributed by atoms with Crippen LogP contribution in [0.2, 0.25) is 0 Å². The number of sulfonamides is 1. The Balaban J connectivity index is 4.02. The molecule has 0 aliphatic heterocycles. The van der Waals surface area contributed by atoms with Crippen LogP contribution in [0, 0.1) is 0 Å². The normalized spacial score (nSPS) is 13.2. The van der Waals surface area contributed by atoms with Gasteiger partial charge in [-0.2, -0.15) is 0 Å². The molecule has 0 amide bonds. The van der Waals surface area contributed by atoms with Gasteiger partial charge >= 0.3 is 0 Å². The minimum absolute atomic E-state index is 0.186. The van der Waals surface area contributed by atoms with Crippen molar-refractivity contribution in [2.24, 2.45) is 0 Å². The summed E-state index contributed by atoms with van der Waals surface area (Å²) < 4.78 is 48.1. The molecule has 0 aromatic carbocycles. The van der Waals surface area contributed by atoms with E-state index in [1.54, 1.807) is 11.6 Å². The summed E-state index contributed by atoms with van der Waals surface area (Å²) in [6.45, 7) is -0.781. The van der Waals surface area contributed by atoms with Gasteiger partial charge in [0.25, 0.3) is 5.92 Å². The highest BCUT2D eigenvalue weighted by Gasteiger charge is 2.29. The maximum absolute atomic E-state index is 12.3. The molecule has 0 aliphatic rings. The van der Waals surface area contributed by atoms with Gasteiger partial charge in [0, 0.05) is 0 Å². The fourth-order valence-electron chi connectivity index (χ4n) is 0.612. The predicted molar refractivity (Wildman–Crippen MR) is 44.1 cm³/mol. The van der Waals surface area contributed by atoms with Crippen LogP contribution in [0.3, 0.4) is 0 Å². The maximum atomic E-state index is 12.3. The molecule has 7 heteroatoms. The monoisotopic (exact) mass is 217 g/mol. The van der Waals surface area contributed by atoms with E-state index in [4.69, 9.17) is 5.11 Å². The van der Waals surface area contributed by atoms with Gasteiger partial charge in [0.2, 0.25) is 10.0 Å². The number of hydrogen-bond donors (Lipinski definition) is 2. The first-order chi connectivity index (χ1) is 5.83. The van der Waals surface area contributed by atoms with Gasteiger partial charge in [0.1, 0.15) is 6.61 Å². The third kappa shape index (κ3) is 5.89. The standard InChI is InChI=1S/C6H13F2NO3S/c1-2-3-13(11,12)9-4-6(7,8)5-10/h9-10H,2-5H2,1H3. The zero-order valence-corrected chi connectivity index (χ0v) is 8.07. The van der Waals surface area contributed by atoms with Crippen molar-refractivity contribution in [3.63, 3.8) is 0 Å². The third-order valence-corrected chi connectivity index (χ3v) is 2.78. The number of hydrogen-bond acceptors (Lipinski definition) is 3. The van der Waals surface area contributed by atoms with E-state index in [1.807, 2.05) is 0 Å². The second kappa shape index (κ2) is 4.83. The Kier molecular flexibility index (Phi) is 4.72. The van der Waals surface area contributed by atoms with E-state index in [9.17, 15) is 17.2 Å². The highest BCUT2D eigenvalue weighted by Crippen LogP contribution is 2.10. The van der Waals surface area contributed by atoms with Crippen molar-refractivity contribution in [1.82, 2.24) is 4.72 Å². The molecule has 0 radical (unpaired) electrons. The summed E-state index contributed by atoms with van der Waals surface area (Å²) in [6, 6.07) is 0. The van der Waals surface area contributed by atoms with Gasteiger partial charge < -0.3 is 5.11 Å². The van der Waals surface area contributed by atoms with E-state index in [-0.39, 0.29) is 5.75 Å². The zero-order chi connectivity index (χ0) is 10.5. The molecule has 2 N–H and O–H groups in total. The molecule has 0 atom stereocenters. The molecule has 0 spiro atoms. The molecule has 0 bridgehead atoms. The molecular formula is C6H13F2NO3S. The molecule has 0 unspecified atom stereocenters. The van der Waals surface area contributed by atoms with E-state index in [2.05, 4.69) is 0 Å². The van der Waals surface area contributed by atoms with Crippen LogP contribution in [-0.2, 0) is 10.0 Å². The van der Waals surface area contributed by atoms with Gasteiger partial charge in [0.05, 0.1) is 12.3 Å². The van der Waals surface area contributed by atoms with E-state index in [1.165, 1.54) is 0 Å². The Morgan fingerprint density at radius 2 is 2.00 bits per heavy atom. The molecule has 0 saturated heterocycles. The smallest absolute Gasteiger partial charge is 0.283 e.